The smallest absolute Gasteiger partial charge is 0.343 e. The molecule has 2 amide bonds. The predicted molar refractivity (Wildman–Crippen MR) is 153 cm³/mol. The van der Waals surface area contributed by atoms with Crippen LogP contribution in [0.1, 0.15) is 54.8 Å². The number of ether oxygens (including phenoxy) is 2. The van der Waals surface area contributed by atoms with Gasteiger partial charge in [-0.05, 0) is 58.7 Å². The normalized spacial score (nSPS) is 21.1. The molecule has 2 unspecified atom stereocenters. The molecule has 212 valence electrons. The number of imide groups is 1. The van der Waals surface area contributed by atoms with E-state index in [0.717, 1.165) is 27.2 Å². The summed E-state index contributed by atoms with van der Waals surface area (Å²) in [6.45, 7) is -1.12. The number of benzene rings is 4. The third kappa shape index (κ3) is 4.43. The van der Waals surface area contributed by atoms with Gasteiger partial charge >= 0.3 is 11.9 Å². The van der Waals surface area contributed by atoms with Crippen LogP contribution in [0.4, 0.5) is 0 Å². The number of nitrogens with zero attached hydrogens (tertiary/aromatic N) is 1. The van der Waals surface area contributed by atoms with Crippen molar-refractivity contribution in [3.63, 3.8) is 0 Å². The lowest BCUT2D eigenvalue weighted by atomic mass is 9.55. The Morgan fingerprint density at radius 3 is 1.60 bits per heavy atom. The quantitative estimate of drug-likeness (QED) is 0.139. The summed E-state index contributed by atoms with van der Waals surface area (Å²) < 4.78 is 10.5. The summed E-state index contributed by atoms with van der Waals surface area (Å²) in [5.74, 6) is -4.09. The van der Waals surface area contributed by atoms with Crippen molar-refractivity contribution >= 4 is 29.5 Å². The first-order valence-corrected chi connectivity index (χ1v) is 14.0. The maximum absolute atomic E-state index is 13.6. The molecule has 3 aliphatic carbocycles. The molecule has 4 aromatic carbocycles. The van der Waals surface area contributed by atoms with Crippen LogP contribution in [0.15, 0.2) is 103 Å². The van der Waals surface area contributed by atoms with Gasteiger partial charge in [0.2, 0.25) is 11.8 Å². The Bertz CT molecular complexity index is 1680. The van der Waals surface area contributed by atoms with Crippen molar-refractivity contribution < 1.29 is 33.4 Å². The molecule has 1 saturated heterocycles. The Labute approximate surface area is 246 Å². The van der Waals surface area contributed by atoms with Gasteiger partial charge in [-0.25, -0.2) is 4.79 Å². The third-order valence-electron chi connectivity index (χ3n) is 8.59. The molecule has 2 atom stereocenters. The van der Waals surface area contributed by atoms with Gasteiger partial charge in [-0.15, -0.1) is 0 Å². The molecule has 8 nitrogen and oxygen atoms in total. The van der Waals surface area contributed by atoms with Crippen molar-refractivity contribution in [1.29, 1.82) is 0 Å². The van der Waals surface area contributed by atoms with E-state index in [0.29, 0.717) is 5.56 Å². The number of hydrogen-bond acceptors (Lipinski definition) is 7. The first kappa shape index (κ1) is 26.5. The second-order valence-corrected chi connectivity index (χ2v) is 10.9. The number of ketones is 1. The Balaban J connectivity index is 1.00. The fraction of sp³-hybridized carbons (Fsp3) is 0.171. The van der Waals surface area contributed by atoms with Crippen LogP contribution in [-0.2, 0) is 19.1 Å². The average molecular weight is 572 g/mol. The minimum atomic E-state index is -0.843. The van der Waals surface area contributed by atoms with E-state index in [1.54, 1.807) is 30.3 Å². The number of carbonyl (C=O) groups is 5. The van der Waals surface area contributed by atoms with Crippen LogP contribution in [0.3, 0.4) is 0 Å². The standard InChI is InChI=1S/C35H25NO7/c37-27(20-14-16-22(17-15-20)43-35(41)21-8-2-1-3-9-21)19-42-28(38)18-36-33(39)31-29-23-10-4-5-11-24(23)30(32(31)34(36)40)26-13-7-6-12-25(26)29/h1-17,29-32H,18-19H2. The molecule has 1 heterocycles. The second-order valence-electron chi connectivity index (χ2n) is 10.9. The molecule has 8 rings (SSSR count). The highest BCUT2D eigenvalue weighted by molar-refractivity contribution is 6.09. The summed E-state index contributed by atoms with van der Waals surface area (Å²) in [4.78, 5) is 66.0. The summed E-state index contributed by atoms with van der Waals surface area (Å²) in [6, 6.07) is 30.2. The Morgan fingerprint density at radius 1 is 0.605 bits per heavy atom. The topological polar surface area (TPSA) is 107 Å². The van der Waals surface area contributed by atoms with E-state index in [2.05, 4.69) is 0 Å². The molecule has 8 heteroatoms. The monoisotopic (exact) mass is 571 g/mol. The number of hydrogen-bond donors (Lipinski definition) is 0. The Hall–Kier alpha value is -5.37. The lowest BCUT2D eigenvalue weighted by Crippen LogP contribution is -2.41. The van der Waals surface area contributed by atoms with E-state index in [-0.39, 0.29) is 23.1 Å². The first-order valence-electron chi connectivity index (χ1n) is 14.0. The molecule has 1 fully saturated rings. The zero-order valence-corrected chi connectivity index (χ0v) is 22.8. The number of carbonyl (C=O) groups excluding carboxylic acids is 5. The van der Waals surface area contributed by atoms with Gasteiger partial charge in [0.25, 0.3) is 0 Å². The molecular weight excluding hydrogens is 546 g/mol. The van der Waals surface area contributed by atoms with Gasteiger partial charge in [-0.3, -0.25) is 24.1 Å². The molecule has 1 aliphatic heterocycles. The summed E-state index contributed by atoms with van der Waals surface area (Å²) in [7, 11) is 0. The molecular formula is C35H25NO7. The first-order chi connectivity index (χ1) is 20.9. The summed E-state index contributed by atoms with van der Waals surface area (Å²) in [5.41, 5.74) is 4.83. The van der Waals surface area contributed by atoms with Crippen LogP contribution >= 0.6 is 0 Å². The minimum Gasteiger partial charge on any atom is -0.456 e. The summed E-state index contributed by atoms with van der Waals surface area (Å²) in [5, 5.41) is 0. The molecule has 0 aromatic heterocycles. The highest BCUT2D eigenvalue weighted by atomic mass is 16.5. The number of amides is 2. The van der Waals surface area contributed by atoms with Gasteiger partial charge in [-0.1, -0.05) is 66.7 Å². The predicted octanol–water partition coefficient (Wildman–Crippen LogP) is 4.52. The maximum atomic E-state index is 13.6. The van der Waals surface area contributed by atoms with Crippen LogP contribution < -0.4 is 4.74 Å². The van der Waals surface area contributed by atoms with E-state index in [9.17, 15) is 24.0 Å². The molecule has 0 saturated carbocycles. The molecule has 2 bridgehead atoms. The third-order valence-corrected chi connectivity index (χ3v) is 8.59. The van der Waals surface area contributed by atoms with Gasteiger partial charge in [0.15, 0.2) is 12.4 Å². The van der Waals surface area contributed by atoms with Crippen LogP contribution in [0.25, 0.3) is 0 Å². The highest BCUT2D eigenvalue weighted by Gasteiger charge is 2.61. The largest absolute Gasteiger partial charge is 0.456 e. The lowest BCUT2D eigenvalue weighted by Gasteiger charge is -2.45. The van der Waals surface area contributed by atoms with Crippen molar-refractivity contribution in [3.8, 4) is 5.75 Å². The SMILES string of the molecule is O=C(CN1C(=O)C2C3c4ccccc4C(c4ccccc43)C2C1=O)OCC(=O)c1ccc(OC(=O)c2ccccc2)cc1. The summed E-state index contributed by atoms with van der Waals surface area (Å²) >= 11 is 0. The lowest BCUT2D eigenvalue weighted by molar-refractivity contribution is -0.152. The minimum absolute atomic E-state index is 0.249. The van der Waals surface area contributed by atoms with Gasteiger partial charge in [0, 0.05) is 17.4 Å². The van der Waals surface area contributed by atoms with Crippen molar-refractivity contribution in [1.82, 2.24) is 4.90 Å². The summed E-state index contributed by atoms with van der Waals surface area (Å²) in [6.07, 6.45) is 0. The van der Waals surface area contributed by atoms with E-state index in [1.807, 2.05) is 48.5 Å². The van der Waals surface area contributed by atoms with E-state index < -0.39 is 54.5 Å². The van der Waals surface area contributed by atoms with E-state index in [4.69, 9.17) is 9.47 Å². The maximum Gasteiger partial charge on any atom is 0.343 e. The van der Waals surface area contributed by atoms with Crippen molar-refractivity contribution in [2.24, 2.45) is 11.8 Å². The zero-order chi connectivity index (χ0) is 29.7. The van der Waals surface area contributed by atoms with Crippen molar-refractivity contribution in [3.05, 3.63) is 137 Å². The van der Waals surface area contributed by atoms with Crippen molar-refractivity contribution in [2.45, 2.75) is 11.8 Å². The highest BCUT2D eigenvalue weighted by Crippen LogP contribution is 2.60. The molecule has 0 spiro atoms. The van der Waals surface area contributed by atoms with Crippen LogP contribution in [-0.4, -0.2) is 47.6 Å². The van der Waals surface area contributed by atoms with Gasteiger partial charge in [0.05, 0.1) is 17.4 Å². The Kier molecular flexibility index (Phi) is 6.46. The number of likely N-dealkylation sites (tertiary alicyclic amines) is 1. The van der Waals surface area contributed by atoms with Crippen LogP contribution in [0.5, 0.6) is 5.75 Å². The van der Waals surface area contributed by atoms with E-state index in [1.165, 1.54) is 24.3 Å². The second kappa shape index (κ2) is 10.5. The van der Waals surface area contributed by atoms with Crippen molar-refractivity contribution in [2.75, 3.05) is 13.2 Å². The number of esters is 2. The van der Waals surface area contributed by atoms with Crippen LogP contribution in [0.2, 0.25) is 0 Å². The van der Waals surface area contributed by atoms with Gasteiger partial charge in [-0.2, -0.15) is 0 Å². The number of Topliss-reactive ketones (excluding diaryl/α,β-unsaturated/α-hetero) is 1. The number of rotatable bonds is 7. The molecule has 0 radical (unpaired) electrons. The van der Waals surface area contributed by atoms with Gasteiger partial charge in [0.1, 0.15) is 12.3 Å². The molecule has 4 aromatic rings. The molecule has 43 heavy (non-hydrogen) atoms. The fourth-order valence-corrected chi connectivity index (χ4v) is 6.75. The fourth-order valence-electron chi connectivity index (χ4n) is 6.75. The molecule has 0 N–H and O–H groups in total. The Morgan fingerprint density at radius 2 is 1.09 bits per heavy atom. The average Bonchev–Trinajstić information content (AvgIpc) is 3.29. The van der Waals surface area contributed by atoms with Crippen LogP contribution in [0, 0.1) is 11.8 Å². The van der Waals surface area contributed by atoms with E-state index >= 15 is 0 Å². The zero-order valence-electron chi connectivity index (χ0n) is 22.8. The van der Waals surface area contributed by atoms with Gasteiger partial charge < -0.3 is 9.47 Å². The molecule has 4 aliphatic rings.